The first-order valence-electron chi connectivity index (χ1n) is 6.10. The highest BCUT2D eigenvalue weighted by atomic mass is 33.1. The van der Waals surface area contributed by atoms with E-state index in [0.29, 0.717) is 24.6 Å². The van der Waals surface area contributed by atoms with E-state index in [1.165, 1.54) is 0 Å². The van der Waals surface area contributed by atoms with Crippen LogP contribution in [0.3, 0.4) is 0 Å². The predicted molar refractivity (Wildman–Crippen MR) is 87.7 cm³/mol. The Balaban J connectivity index is 2.35. The van der Waals surface area contributed by atoms with Crippen LogP contribution in [0.4, 0.5) is 5.82 Å². The molecule has 20 heavy (non-hydrogen) atoms. The summed E-state index contributed by atoms with van der Waals surface area (Å²) in [6.07, 6.45) is 2.26. The van der Waals surface area contributed by atoms with E-state index in [1.54, 1.807) is 13.1 Å². The molecule has 3 N–H and O–H groups in total. The van der Waals surface area contributed by atoms with E-state index in [2.05, 4.69) is 9.97 Å². The summed E-state index contributed by atoms with van der Waals surface area (Å²) in [5.74, 6) is 1.13. The van der Waals surface area contributed by atoms with Gasteiger partial charge in [-0.1, -0.05) is 0 Å². The Kier molecular flexibility index (Phi) is 4.48. The van der Waals surface area contributed by atoms with Crippen molar-refractivity contribution in [2.45, 2.75) is 26.8 Å². The fourth-order valence-electron chi connectivity index (χ4n) is 2.07. The van der Waals surface area contributed by atoms with Gasteiger partial charge in [-0.2, -0.15) is 4.58 Å². The molecule has 0 saturated carbocycles. The zero-order valence-electron chi connectivity index (χ0n) is 11.4. The van der Waals surface area contributed by atoms with Crippen LogP contribution < -0.4 is 5.73 Å². The van der Waals surface area contributed by atoms with Gasteiger partial charge in [0.1, 0.15) is 11.6 Å². The number of hydrogen-bond donors (Lipinski definition) is 2. The standard InChI is InChI=1S/C12H17N4OS3/c1-8-11(3-4-17)20(18,19)7-16(8)6-10-5-14-9(2)15-12(10)13/h5,7,17H,3-4,6H2,1-2H3,(H2,13,14,15)/q+1. The average Bonchev–Trinajstić information content (AvgIpc) is 2.56. The largest absolute Gasteiger partial charge is 0.396 e. The van der Waals surface area contributed by atoms with Crippen LogP contribution in [-0.2, 0) is 36.1 Å². The molecule has 0 amide bonds. The van der Waals surface area contributed by atoms with Crippen molar-refractivity contribution in [1.29, 1.82) is 0 Å². The van der Waals surface area contributed by atoms with Gasteiger partial charge in [0, 0.05) is 33.3 Å². The minimum absolute atomic E-state index is 0.0617. The Morgan fingerprint density at radius 1 is 1.40 bits per heavy atom. The van der Waals surface area contributed by atoms with E-state index in [9.17, 15) is 0 Å². The molecule has 0 spiro atoms. The molecule has 0 saturated heterocycles. The summed E-state index contributed by atoms with van der Waals surface area (Å²) >= 11 is 11.0. The van der Waals surface area contributed by atoms with Crippen molar-refractivity contribution in [1.82, 2.24) is 9.97 Å². The van der Waals surface area contributed by atoms with Crippen LogP contribution in [0.15, 0.2) is 16.8 Å². The van der Waals surface area contributed by atoms with Crippen LogP contribution >= 0.6 is 0 Å². The summed E-state index contributed by atoms with van der Waals surface area (Å²) in [6, 6.07) is 0. The van der Waals surface area contributed by atoms with Gasteiger partial charge in [-0.15, -0.1) is 0 Å². The quantitative estimate of drug-likeness (QED) is 0.789. The molecule has 0 atom stereocenters. The highest BCUT2D eigenvalue weighted by Gasteiger charge is 2.29. The first-order valence-corrected chi connectivity index (χ1v) is 9.65. The van der Waals surface area contributed by atoms with Crippen LogP contribution in [0.2, 0.25) is 0 Å². The third-order valence-corrected chi connectivity index (χ3v) is 6.58. The number of aryl methyl sites for hydroxylation is 1. The molecule has 1 aliphatic rings. The van der Waals surface area contributed by atoms with E-state index in [4.69, 9.17) is 33.2 Å². The van der Waals surface area contributed by atoms with E-state index in [-0.39, 0.29) is 6.61 Å². The lowest BCUT2D eigenvalue weighted by atomic mass is 10.2. The number of aliphatic hydroxyl groups excluding tert-OH is 1. The van der Waals surface area contributed by atoms with Crippen LogP contribution in [-0.4, -0.2) is 31.8 Å². The number of nitrogen functional groups attached to an aromatic ring is 1. The van der Waals surface area contributed by atoms with Crippen LogP contribution in [0, 0.1) is 6.92 Å². The maximum Gasteiger partial charge on any atom is 0.216 e. The molecule has 0 bridgehead atoms. The van der Waals surface area contributed by atoms with Crippen molar-refractivity contribution < 1.29 is 9.68 Å². The molecule has 0 fully saturated rings. The molecule has 2 rings (SSSR count). The topological polar surface area (TPSA) is 75.0 Å². The van der Waals surface area contributed by atoms with E-state index < -0.39 is 7.15 Å². The second kappa shape index (κ2) is 5.80. The monoisotopic (exact) mass is 329 g/mol. The van der Waals surface area contributed by atoms with Crippen molar-refractivity contribution in [2.24, 2.45) is 0 Å². The molecule has 0 unspecified atom stereocenters. The third-order valence-electron chi connectivity index (χ3n) is 3.14. The number of anilines is 1. The lowest BCUT2D eigenvalue weighted by molar-refractivity contribution is -0.485. The number of allylic oxidation sites excluding steroid dienone is 1. The van der Waals surface area contributed by atoms with Gasteiger partial charge in [-0.25, -0.2) is 9.97 Å². The van der Waals surface area contributed by atoms with Crippen LogP contribution in [0.1, 0.15) is 24.7 Å². The van der Waals surface area contributed by atoms with Gasteiger partial charge in [0.15, 0.2) is 12.2 Å². The molecule has 2 heterocycles. The number of aromatic nitrogens is 2. The molecular formula is C12H17N4OS3+. The zero-order valence-corrected chi connectivity index (χ0v) is 13.8. The minimum Gasteiger partial charge on any atom is -0.396 e. The van der Waals surface area contributed by atoms with Crippen LogP contribution in [0.25, 0.3) is 0 Å². The van der Waals surface area contributed by atoms with Gasteiger partial charge in [0.25, 0.3) is 0 Å². The molecule has 5 nitrogen and oxygen atoms in total. The lowest BCUT2D eigenvalue weighted by Gasteiger charge is -2.04. The molecule has 8 heteroatoms. The Morgan fingerprint density at radius 2 is 2.10 bits per heavy atom. The zero-order chi connectivity index (χ0) is 14.9. The maximum atomic E-state index is 9.14. The van der Waals surface area contributed by atoms with Crippen molar-refractivity contribution in [2.75, 3.05) is 12.3 Å². The fraction of sp³-hybridized carbons (Fsp3) is 0.417. The predicted octanol–water partition coefficient (Wildman–Crippen LogP) is 0.613. The molecule has 0 aliphatic carbocycles. The number of aliphatic hydroxyl groups is 1. The van der Waals surface area contributed by atoms with Gasteiger partial charge >= 0.3 is 0 Å². The molecule has 1 aromatic heterocycles. The first-order chi connectivity index (χ1) is 9.35. The lowest BCUT2D eigenvalue weighted by Crippen LogP contribution is -2.11. The fourth-order valence-corrected chi connectivity index (χ4v) is 5.52. The molecule has 1 aliphatic heterocycles. The van der Waals surface area contributed by atoms with Gasteiger partial charge in [-0.05, 0) is 29.3 Å². The highest BCUT2D eigenvalue weighted by molar-refractivity contribution is 8.64. The van der Waals surface area contributed by atoms with Gasteiger partial charge in [0.05, 0.1) is 10.5 Å². The normalized spacial score (nSPS) is 17.4. The number of rotatable bonds is 4. The average molecular weight is 329 g/mol. The van der Waals surface area contributed by atoms with E-state index in [1.807, 2.05) is 17.0 Å². The Hall–Kier alpha value is -0.960. The molecular weight excluding hydrogens is 312 g/mol. The summed E-state index contributed by atoms with van der Waals surface area (Å²) in [5, 5.41) is 9.14. The summed E-state index contributed by atoms with van der Waals surface area (Å²) in [5.41, 5.74) is 9.67. The number of nitrogens with two attached hydrogens (primary N) is 1. The van der Waals surface area contributed by atoms with Crippen LogP contribution in [0.5, 0.6) is 0 Å². The second-order valence-electron chi connectivity index (χ2n) is 4.59. The first kappa shape index (κ1) is 15.4. The van der Waals surface area contributed by atoms with E-state index >= 15 is 0 Å². The second-order valence-corrected chi connectivity index (χ2v) is 10.2. The van der Waals surface area contributed by atoms with Crippen molar-refractivity contribution in [3.63, 3.8) is 0 Å². The number of nitrogens with zero attached hydrogens (tertiary/aromatic N) is 3. The summed E-state index contributed by atoms with van der Waals surface area (Å²) in [7, 11) is -1.78. The van der Waals surface area contributed by atoms with E-state index in [0.717, 1.165) is 16.2 Å². The summed E-state index contributed by atoms with van der Waals surface area (Å²) < 4.78 is 2.00. The number of hydrogen-bond acceptors (Lipinski definition) is 6. The van der Waals surface area contributed by atoms with Gasteiger partial charge < -0.3 is 10.8 Å². The van der Waals surface area contributed by atoms with Crippen molar-refractivity contribution >= 4 is 40.9 Å². The molecule has 0 aromatic carbocycles. The molecule has 108 valence electrons. The summed E-state index contributed by atoms with van der Waals surface area (Å²) in [4.78, 5) is 9.31. The Labute approximate surface area is 128 Å². The third kappa shape index (κ3) is 3.03. The van der Waals surface area contributed by atoms with Gasteiger partial charge in [0.2, 0.25) is 5.55 Å². The smallest absolute Gasteiger partial charge is 0.216 e. The minimum atomic E-state index is -1.78. The van der Waals surface area contributed by atoms with Gasteiger partial charge in [-0.3, -0.25) is 0 Å². The maximum absolute atomic E-state index is 9.14. The van der Waals surface area contributed by atoms with Crippen molar-refractivity contribution in [3.05, 3.63) is 28.2 Å². The highest BCUT2D eigenvalue weighted by Crippen LogP contribution is 2.25. The molecule has 0 radical (unpaired) electrons. The Bertz CT molecular complexity index is 707. The summed E-state index contributed by atoms with van der Waals surface area (Å²) in [6.45, 7) is 4.38. The molecule has 1 aromatic rings. The van der Waals surface area contributed by atoms with Crippen molar-refractivity contribution in [3.8, 4) is 0 Å². The SMILES string of the molecule is CC1=C(CCO)S(=S)(=S)C=[N+]1Cc1cnc(C)nc1N. The Morgan fingerprint density at radius 3 is 2.70 bits per heavy atom.